The highest BCUT2D eigenvalue weighted by Gasteiger charge is 2.37. The molecule has 3 nitrogen and oxygen atoms in total. The lowest BCUT2D eigenvalue weighted by Crippen LogP contribution is -2.46. The molecule has 2 aliphatic rings. The topological polar surface area (TPSA) is 18.5 Å². The summed E-state index contributed by atoms with van der Waals surface area (Å²) < 4.78 is 0. The fourth-order valence-electron chi connectivity index (χ4n) is 3.75. The highest BCUT2D eigenvalue weighted by atomic mass is 15.2. The highest BCUT2D eigenvalue weighted by Crippen LogP contribution is 2.34. The van der Waals surface area contributed by atoms with Crippen LogP contribution in [0.4, 0.5) is 5.69 Å². The van der Waals surface area contributed by atoms with E-state index >= 15 is 0 Å². The summed E-state index contributed by atoms with van der Waals surface area (Å²) in [5.74, 6) is 0. The van der Waals surface area contributed by atoms with Crippen LogP contribution in [0.5, 0.6) is 0 Å². The number of hydrogen-bond donors (Lipinski definition) is 1. The summed E-state index contributed by atoms with van der Waals surface area (Å²) in [7, 11) is 6.47. The van der Waals surface area contributed by atoms with Crippen molar-refractivity contribution in [2.75, 3.05) is 26.0 Å². The molecule has 20 heavy (non-hydrogen) atoms. The van der Waals surface area contributed by atoms with Crippen LogP contribution < -0.4 is 10.2 Å². The van der Waals surface area contributed by atoms with Gasteiger partial charge in [-0.1, -0.05) is 12.1 Å². The van der Waals surface area contributed by atoms with Crippen molar-refractivity contribution in [1.82, 2.24) is 10.2 Å². The number of benzene rings is 1. The van der Waals surface area contributed by atoms with Crippen molar-refractivity contribution in [2.24, 2.45) is 0 Å². The van der Waals surface area contributed by atoms with Gasteiger partial charge in [0.2, 0.25) is 0 Å². The molecule has 2 heterocycles. The van der Waals surface area contributed by atoms with Crippen LogP contribution in [-0.2, 0) is 6.54 Å². The van der Waals surface area contributed by atoms with E-state index < -0.39 is 0 Å². The Bertz CT molecular complexity index is 426. The van der Waals surface area contributed by atoms with E-state index in [-0.39, 0.29) is 0 Å². The van der Waals surface area contributed by atoms with Crippen molar-refractivity contribution in [1.29, 1.82) is 0 Å². The average Bonchev–Trinajstić information content (AvgIpc) is 2.66. The summed E-state index contributed by atoms with van der Waals surface area (Å²) in [5.41, 5.74) is 2.66. The molecule has 2 fully saturated rings. The van der Waals surface area contributed by atoms with Crippen LogP contribution in [0.3, 0.4) is 0 Å². The largest absolute Gasteiger partial charge is 0.378 e. The first-order valence-corrected chi connectivity index (χ1v) is 7.85. The van der Waals surface area contributed by atoms with Crippen LogP contribution in [-0.4, -0.2) is 44.2 Å². The molecule has 0 aliphatic carbocycles. The monoisotopic (exact) mass is 273 g/mol. The van der Waals surface area contributed by atoms with E-state index in [0.717, 1.165) is 18.6 Å². The maximum atomic E-state index is 3.77. The summed E-state index contributed by atoms with van der Waals surface area (Å²) in [4.78, 5) is 4.75. The van der Waals surface area contributed by atoms with Crippen molar-refractivity contribution in [3.05, 3.63) is 29.8 Å². The Hall–Kier alpha value is -1.06. The molecular formula is C17H27N3. The van der Waals surface area contributed by atoms with Gasteiger partial charge in [-0.3, -0.25) is 0 Å². The van der Waals surface area contributed by atoms with E-state index in [9.17, 15) is 0 Å². The Morgan fingerprint density at radius 2 is 1.70 bits per heavy atom. The van der Waals surface area contributed by atoms with Crippen LogP contribution in [0.1, 0.15) is 31.2 Å². The number of fused-ring (bicyclic) bond motifs is 2. The first-order chi connectivity index (χ1) is 9.63. The Kier molecular flexibility index (Phi) is 3.99. The third kappa shape index (κ3) is 2.84. The van der Waals surface area contributed by atoms with E-state index in [1.165, 1.54) is 36.9 Å². The van der Waals surface area contributed by atoms with Crippen molar-refractivity contribution in [2.45, 2.75) is 50.4 Å². The number of rotatable bonds is 4. The van der Waals surface area contributed by atoms with E-state index in [1.807, 2.05) is 0 Å². The first kappa shape index (κ1) is 13.9. The molecule has 1 N–H and O–H groups in total. The smallest absolute Gasteiger partial charge is 0.0361 e. The molecule has 3 rings (SSSR count). The minimum absolute atomic E-state index is 0.706. The minimum Gasteiger partial charge on any atom is -0.378 e. The number of nitrogens with one attached hydrogen (secondary N) is 1. The zero-order valence-electron chi connectivity index (χ0n) is 13.0. The molecule has 0 aromatic heterocycles. The maximum Gasteiger partial charge on any atom is 0.0361 e. The molecule has 2 atom stereocenters. The van der Waals surface area contributed by atoms with E-state index in [0.29, 0.717) is 6.04 Å². The molecule has 110 valence electrons. The molecule has 0 radical (unpaired) electrons. The van der Waals surface area contributed by atoms with Gasteiger partial charge in [-0.15, -0.1) is 0 Å². The van der Waals surface area contributed by atoms with Gasteiger partial charge in [0, 0.05) is 44.5 Å². The molecule has 3 heteroatoms. The Morgan fingerprint density at radius 3 is 2.25 bits per heavy atom. The fraction of sp³-hybridized carbons (Fsp3) is 0.647. The molecule has 0 amide bonds. The molecule has 2 bridgehead atoms. The zero-order valence-corrected chi connectivity index (χ0v) is 13.0. The van der Waals surface area contributed by atoms with E-state index in [4.69, 9.17) is 0 Å². The average molecular weight is 273 g/mol. The molecule has 2 unspecified atom stereocenters. The van der Waals surface area contributed by atoms with E-state index in [1.54, 1.807) is 0 Å². The van der Waals surface area contributed by atoms with Crippen LogP contribution >= 0.6 is 0 Å². The summed E-state index contributed by atoms with van der Waals surface area (Å²) in [6.07, 6.45) is 5.44. The van der Waals surface area contributed by atoms with Gasteiger partial charge in [0.05, 0.1) is 0 Å². The van der Waals surface area contributed by atoms with Gasteiger partial charge in [0.1, 0.15) is 0 Å². The summed E-state index contributed by atoms with van der Waals surface area (Å²) in [6.45, 7) is 1.00. The van der Waals surface area contributed by atoms with Gasteiger partial charge in [-0.05, 0) is 50.4 Å². The Morgan fingerprint density at radius 1 is 1.10 bits per heavy atom. The van der Waals surface area contributed by atoms with Crippen molar-refractivity contribution in [3.8, 4) is 0 Å². The van der Waals surface area contributed by atoms with Gasteiger partial charge < -0.3 is 15.1 Å². The van der Waals surface area contributed by atoms with Crippen LogP contribution in [0, 0.1) is 0 Å². The highest BCUT2D eigenvalue weighted by molar-refractivity contribution is 5.45. The third-order valence-corrected chi connectivity index (χ3v) is 5.15. The summed E-state index contributed by atoms with van der Waals surface area (Å²) >= 11 is 0. The number of nitrogens with zero attached hydrogens (tertiary/aromatic N) is 2. The Labute approximate surface area is 123 Å². The van der Waals surface area contributed by atoms with Gasteiger partial charge in [0.15, 0.2) is 0 Å². The second-order valence-electron chi connectivity index (χ2n) is 6.66. The molecule has 2 aliphatic heterocycles. The fourth-order valence-corrected chi connectivity index (χ4v) is 3.75. The van der Waals surface area contributed by atoms with Gasteiger partial charge in [0.25, 0.3) is 0 Å². The second-order valence-corrected chi connectivity index (χ2v) is 6.66. The minimum atomic E-state index is 0.706. The van der Waals surface area contributed by atoms with Gasteiger partial charge in [-0.2, -0.15) is 0 Å². The predicted octanol–water partition coefficient (Wildman–Crippen LogP) is 2.47. The standard InChI is InChI=1S/C17H27N3/c1-19(2)15-6-4-13(5-7-15)12-18-14-10-16-8-9-17(11-14)20(16)3/h4-7,14,16-18H,8-12H2,1-3H3. The van der Waals surface area contributed by atoms with Crippen LogP contribution in [0.2, 0.25) is 0 Å². The van der Waals surface area contributed by atoms with Gasteiger partial charge >= 0.3 is 0 Å². The molecule has 1 aromatic carbocycles. The molecule has 0 spiro atoms. The van der Waals surface area contributed by atoms with Crippen molar-refractivity contribution < 1.29 is 0 Å². The van der Waals surface area contributed by atoms with Crippen LogP contribution in [0.15, 0.2) is 24.3 Å². The lowest BCUT2D eigenvalue weighted by molar-refractivity contribution is 0.148. The summed E-state index contributed by atoms with van der Waals surface area (Å²) in [5, 5.41) is 3.77. The maximum absolute atomic E-state index is 3.77. The molecule has 2 saturated heterocycles. The predicted molar refractivity (Wildman–Crippen MR) is 85.2 cm³/mol. The van der Waals surface area contributed by atoms with Crippen molar-refractivity contribution in [3.63, 3.8) is 0 Å². The van der Waals surface area contributed by atoms with Gasteiger partial charge in [-0.25, -0.2) is 0 Å². The van der Waals surface area contributed by atoms with E-state index in [2.05, 4.69) is 60.5 Å². The SMILES string of the molecule is CN(C)c1ccc(CNC2CC3CCC(C2)N3C)cc1. The summed E-state index contributed by atoms with van der Waals surface area (Å²) in [6, 6.07) is 11.2. The number of piperidine rings is 1. The normalized spacial score (nSPS) is 29.6. The Balaban J connectivity index is 1.52. The second kappa shape index (κ2) is 5.74. The van der Waals surface area contributed by atoms with Crippen molar-refractivity contribution >= 4 is 5.69 Å². The first-order valence-electron chi connectivity index (χ1n) is 7.85. The zero-order chi connectivity index (χ0) is 14.1. The molecule has 1 aromatic rings. The number of anilines is 1. The molecule has 0 saturated carbocycles. The lowest BCUT2D eigenvalue weighted by Gasteiger charge is -2.36. The third-order valence-electron chi connectivity index (χ3n) is 5.15. The number of hydrogen-bond acceptors (Lipinski definition) is 3. The molecular weight excluding hydrogens is 246 g/mol. The quantitative estimate of drug-likeness (QED) is 0.909. The van der Waals surface area contributed by atoms with Crippen LogP contribution in [0.25, 0.3) is 0 Å². The lowest BCUT2D eigenvalue weighted by atomic mass is 9.98.